The predicted octanol–water partition coefficient (Wildman–Crippen LogP) is 5.52. The number of allylic oxidation sites excluding steroid dienone is 1. The molecule has 0 saturated heterocycles. The minimum atomic E-state index is -0.692. The fraction of sp³-hybridized carbons (Fsp3) is 0.172. The highest BCUT2D eigenvalue weighted by molar-refractivity contribution is 5.90. The molecule has 0 saturated carbocycles. The number of hydrogen-bond donors (Lipinski definition) is 1. The fourth-order valence-corrected chi connectivity index (χ4v) is 3.45. The zero-order chi connectivity index (χ0) is 25.9. The maximum Gasteiger partial charge on any atom is 0.330 e. The molecule has 3 aromatic carbocycles. The van der Waals surface area contributed by atoms with Crippen LogP contribution < -0.4 is 9.47 Å². The van der Waals surface area contributed by atoms with Gasteiger partial charge >= 0.3 is 5.97 Å². The Morgan fingerprint density at radius 1 is 0.889 bits per heavy atom. The van der Waals surface area contributed by atoms with Gasteiger partial charge in [-0.1, -0.05) is 55.6 Å². The Kier molecular flexibility index (Phi) is 9.56. The minimum absolute atomic E-state index is 0.00416. The first-order valence-electron chi connectivity index (χ1n) is 11.2. The number of esters is 1. The predicted molar refractivity (Wildman–Crippen MR) is 135 cm³/mol. The summed E-state index contributed by atoms with van der Waals surface area (Å²) in [5, 5.41) is 9.56. The number of aryl methyl sites for hydroxylation is 1. The molecule has 186 valence electrons. The molecule has 1 unspecified atom stereocenters. The first-order valence-corrected chi connectivity index (χ1v) is 11.2. The van der Waals surface area contributed by atoms with Crippen LogP contribution in [-0.4, -0.2) is 23.8 Å². The van der Waals surface area contributed by atoms with Crippen molar-refractivity contribution in [3.8, 4) is 11.5 Å². The number of benzene rings is 3. The van der Waals surface area contributed by atoms with E-state index in [1.54, 1.807) is 36.4 Å². The van der Waals surface area contributed by atoms with E-state index in [9.17, 15) is 14.8 Å². The summed E-state index contributed by atoms with van der Waals surface area (Å²) in [6, 6.07) is 19.8. The maximum absolute atomic E-state index is 11.5. The molecule has 7 heteroatoms. The Morgan fingerprint density at radius 3 is 2.17 bits per heavy atom. The Bertz CT molecular complexity index is 1200. The average Bonchev–Trinajstić information content (AvgIpc) is 2.90. The molecule has 0 aliphatic rings. The molecule has 0 aromatic heterocycles. The van der Waals surface area contributed by atoms with Crippen LogP contribution in [0.3, 0.4) is 0 Å². The van der Waals surface area contributed by atoms with Gasteiger partial charge in [-0.05, 0) is 65.1 Å². The monoisotopic (exact) mass is 488 g/mol. The number of hydrogen-bond acceptors (Lipinski definition) is 7. The molecule has 3 rings (SSSR count). The molecule has 0 aliphatic heterocycles. The molecule has 0 heterocycles. The minimum Gasteiger partial charge on any atom is -0.458 e. The molecule has 0 bridgehead atoms. The first-order chi connectivity index (χ1) is 17.4. The van der Waals surface area contributed by atoms with Crippen molar-refractivity contribution in [2.75, 3.05) is 6.79 Å². The standard InChI is InChI=1S/C29H28O7/c1-4-25(30)17-21-6-10-23(11-7-21)29(36-32)24-12-15-27(20(3)16-24)35-19-34-26-13-8-22(9-14-26)18-33-28(31)5-2/h4-16,29,32H,1-2,17-19H2,3H3. The Hall–Kier alpha value is -4.20. The summed E-state index contributed by atoms with van der Waals surface area (Å²) < 4.78 is 16.4. The largest absolute Gasteiger partial charge is 0.458 e. The third-order valence-electron chi connectivity index (χ3n) is 5.41. The second-order valence-corrected chi connectivity index (χ2v) is 7.96. The van der Waals surface area contributed by atoms with E-state index in [2.05, 4.69) is 13.2 Å². The zero-order valence-electron chi connectivity index (χ0n) is 20.0. The number of carbonyl (C=O) groups is 2. The molecule has 7 nitrogen and oxygen atoms in total. The molecular formula is C29H28O7. The van der Waals surface area contributed by atoms with E-state index in [1.807, 2.05) is 37.3 Å². The lowest BCUT2D eigenvalue weighted by Crippen LogP contribution is -2.08. The summed E-state index contributed by atoms with van der Waals surface area (Å²) >= 11 is 0. The van der Waals surface area contributed by atoms with Crippen LogP contribution in [0.1, 0.15) is 33.9 Å². The van der Waals surface area contributed by atoms with Crippen LogP contribution in [0.5, 0.6) is 11.5 Å². The van der Waals surface area contributed by atoms with E-state index in [0.717, 1.165) is 33.9 Å². The molecule has 0 fully saturated rings. The number of ether oxygens (including phenoxy) is 3. The summed E-state index contributed by atoms with van der Waals surface area (Å²) in [7, 11) is 0. The van der Waals surface area contributed by atoms with Gasteiger partial charge in [-0.2, -0.15) is 0 Å². The van der Waals surface area contributed by atoms with Crippen LogP contribution in [0.15, 0.2) is 92.0 Å². The molecule has 3 aromatic rings. The summed E-state index contributed by atoms with van der Waals surface area (Å²) in [6.07, 6.45) is 2.00. The fourth-order valence-electron chi connectivity index (χ4n) is 3.45. The number of rotatable bonds is 13. The van der Waals surface area contributed by atoms with Crippen LogP contribution in [0.2, 0.25) is 0 Å². The van der Waals surface area contributed by atoms with Gasteiger partial charge in [-0.3, -0.25) is 10.1 Å². The van der Waals surface area contributed by atoms with E-state index < -0.39 is 12.1 Å². The van der Waals surface area contributed by atoms with Gasteiger partial charge in [0.15, 0.2) is 5.78 Å². The topological polar surface area (TPSA) is 91.3 Å². The average molecular weight is 489 g/mol. The lowest BCUT2D eigenvalue weighted by molar-refractivity contribution is -0.270. The van der Waals surface area contributed by atoms with Gasteiger partial charge in [0.05, 0.1) is 0 Å². The summed E-state index contributed by atoms with van der Waals surface area (Å²) in [5.74, 6) is 0.699. The van der Waals surface area contributed by atoms with Gasteiger partial charge in [0.25, 0.3) is 0 Å². The number of carbonyl (C=O) groups excluding carboxylic acids is 2. The molecule has 0 radical (unpaired) electrons. The van der Waals surface area contributed by atoms with Gasteiger partial charge in [0, 0.05) is 12.5 Å². The Balaban J connectivity index is 1.57. The summed E-state index contributed by atoms with van der Waals surface area (Å²) in [5.41, 5.74) is 4.00. The highest BCUT2D eigenvalue weighted by atomic mass is 17.1. The van der Waals surface area contributed by atoms with E-state index in [0.29, 0.717) is 11.5 Å². The molecule has 0 spiro atoms. The van der Waals surface area contributed by atoms with Crippen molar-refractivity contribution < 1.29 is 33.9 Å². The van der Waals surface area contributed by atoms with Gasteiger partial charge in [-0.15, -0.1) is 0 Å². The Labute approximate surface area is 210 Å². The quantitative estimate of drug-likeness (QED) is 0.111. The molecule has 0 amide bonds. The lowest BCUT2D eigenvalue weighted by atomic mass is 9.97. The van der Waals surface area contributed by atoms with Crippen molar-refractivity contribution in [2.24, 2.45) is 0 Å². The van der Waals surface area contributed by atoms with Crippen molar-refractivity contribution in [1.29, 1.82) is 0 Å². The number of ketones is 1. The molecular weight excluding hydrogens is 460 g/mol. The summed E-state index contributed by atoms with van der Waals surface area (Å²) in [4.78, 5) is 27.5. The van der Waals surface area contributed by atoms with Gasteiger partial charge in [0.2, 0.25) is 6.79 Å². The SMILES string of the molecule is C=CC(=O)Cc1ccc(C(OO)c2ccc(OCOc3ccc(COC(=O)C=C)cc3)c(C)c2)cc1. The first kappa shape index (κ1) is 26.4. The lowest BCUT2D eigenvalue weighted by Gasteiger charge is -2.17. The van der Waals surface area contributed by atoms with Crippen LogP contribution in [0, 0.1) is 6.92 Å². The smallest absolute Gasteiger partial charge is 0.330 e. The van der Waals surface area contributed by atoms with Crippen molar-refractivity contribution in [3.63, 3.8) is 0 Å². The van der Waals surface area contributed by atoms with Crippen LogP contribution >= 0.6 is 0 Å². The molecule has 36 heavy (non-hydrogen) atoms. The van der Waals surface area contributed by atoms with E-state index in [1.165, 1.54) is 6.08 Å². The second kappa shape index (κ2) is 13.0. The normalized spacial score (nSPS) is 11.3. The molecule has 0 aliphatic carbocycles. The zero-order valence-corrected chi connectivity index (χ0v) is 20.0. The van der Waals surface area contributed by atoms with Gasteiger partial charge in [0.1, 0.15) is 24.2 Å². The third-order valence-corrected chi connectivity index (χ3v) is 5.41. The van der Waals surface area contributed by atoms with Crippen molar-refractivity contribution in [2.45, 2.75) is 26.1 Å². The molecule has 1 atom stereocenters. The van der Waals surface area contributed by atoms with Crippen molar-refractivity contribution >= 4 is 11.8 Å². The molecule has 1 N–H and O–H groups in total. The highest BCUT2D eigenvalue weighted by Gasteiger charge is 2.17. The van der Waals surface area contributed by atoms with Crippen LogP contribution in [0.25, 0.3) is 0 Å². The Morgan fingerprint density at radius 2 is 1.56 bits per heavy atom. The van der Waals surface area contributed by atoms with Crippen molar-refractivity contribution in [1.82, 2.24) is 0 Å². The van der Waals surface area contributed by atoms with E-state index in [-0.39, 0.29) is 25.6 Å². The van der Waals surface area contributed by atoms with Gasteiger partial charge < -0.3 is 14.2 Å². The highest BCUT2D eigenvalue weighted by Crippen LogP contribution is 2.29. The van der Waals surface area contributed by atoms with Gasteiger partial charge in [-0.25, -0.2) is 9.68 Å². The van der Waals surface area contributed by atoms with Crippen LogP contribution in [0.4, 0.5) is 0 Å². The van der Waals surface area contributed by atoms with E-state index >= 15 is 0 Å². The van der Waals surface area contributed by atoms with E-state index in [4.69, 9.17) is 19.1 Å². The van der Waals surface area contributed by atoms with Crippen LogP contribution in [-0.2, 0) is 32.2 Å². The summed E-state index contributed by atoms with van der Waals surface area (Å²) in [6.45, 7) is 8.88. The maximum atomic E-state index is 11.5. The van der Waals surface area contributed by atoms with Crippen molar-refractivity contribution in [3.05, 3.63) is 120 Å². The second-order valence-electron chi connectivity index (χ2n) is 7.96. The third kappa shape index (κ3) is 7.40.